The molecule has 1 heterocycles. The number of carboxylic acids is 1. The van der Waals surface area contributed by atoms with Crippen LogP contribution >= 0.6 is 0 Å². The minimum absolute atomic E-state index is 0.0115. The summed E-state index contributed by atoms with van der Waals surface area (Å²) in [7, 11) is 0. The van der Waals surface area contributed by atoms with Crippen LogP contribution in [0.5, 0.6) is 5.75 Å². The van der Waals surface area contributed by atoms with E-state index in [0.717, 1.165) is 5.56 Å². The molecule has 2 aromatic carbocycles. The molecule has 0 saturated carbocycles. The number of nitrogens with one attached hydrogen (secondary N) is 5. The van der Waals surface area contributed by atoms with E-state index in [0.29, 0.717) is 18.4 Å². The lowest BCUT2D eigenvalue weighted by Gasteiger charge is -2.31. The number of benzene rings is 2. The zero-order chi connectivity index (χ0) is 45.4. The van der Waals surface area contributed by atoms with Crippen molar-refractivity contribution in [2.24, 2.45) is 17.6 Å². The van der Waals surface area contributed by atoms with Crippen LogP contribution in [0.4, 0.5) is 4.79 Å². The Hall–Kier alpha value is -5.71. The van der Waals surface area contributed by atoms with Crippen molar-refractivity contribution in [3.63, 3.8) is 0 Å². The Morgan fingerprint density at radius 2 is 1.36 bits per heavy atom. The highest BCUT2D eigenvalue weighted by Gasteiger charge is 2.40. The van der Waals surface area contributed by atoms with Crippen LogP contribution in [0.25, 0.3) is 0 Å². The Bertz CT molecular complexity index is 1800. The number of nitrogens with two attached hydrogens (primary N) is 1. The number of hydrogen-bond acceptors (Lipinski definition) is 10. The van der Waals surface area contributed by atoms with Gasteiger partial charge in [0.15, 0.2) is 0 Å². The summed E-state index contributed by atoms with van der Waals surface area (Å²) >= 11 is 0. The van der Waals surface area contributed by atoms with E-state index in [2.05, 4.69) is 26.6 Å². The van der Waals surface area contributed by atoms with Gasteiger partial charge in [-0.25, -0.2) is 9.59 Å². The number of rotatable bonds is 21. The molecule has 336 valence electrons. The maximum Gasteiger partial charge on any atom is 0.408 e. The Kier molecular flexibility index (Phi) is 19.0. The molecular formula is C44H65N7O10. The van der Waals surface area contributed by atoms with Crippen molar-refractivity contribution >= 4 is 41.6 Å². The number of carbonyl (C=O) groups is 7. The molecule has 0 bridgehead atoms. The lowest BCUT2D eigenvalue weighted by atomic mass is 9.99. The van der Waals surface area contributed by atoms with Gasteiger partial charge in [-0.1, -0.05) is 70.2 Å². The molecule has 0 spiro atoms. The standard InChI is InChI=1S/C44H65N7O10/c1-26(2)23-34(42(58)59)48-37(53)31(15-11-21-45)46-40(56)36(27(3)4)50-38(54)32(24-29-17-19-30(52)20-18-29)47-39(55)35-16-12-22-51(35)41(57)33(25-28-13-9-8-10-14-28)49-43(60)61-44(5,6)7/h8-10,13-14,17-20,26-27,31-36,52H,11-12,15-16,21-25,45H2,1-7H3,(H,46,56)(H,47,55)(H,48,53)(H,49,60)(H,50,54)(H,58,59)/t31-,32+,33+,34-,35-,36-/m0/s1. The van der Waals surface area contributed by atoms with Crippen LogP contribution in [0.2, 0.25) is 0 Å². The Labute approximate surface area is 358 Å². The number of phenolic OH excluding ortho intramolecular Hbond substituents is 1. The summed E-state index contributed by atoms with van der Waals surface area (Å²) in [6, 6.07) is 8.23. The highest BCUT2D eigenvalue weighted by atomic mass is 16.6. The van der Waals surface area contributed by atoms with Gasteiger partial charge in [-0.15, -0.1) is 0 Å². The summed E-state index contributed by atoms with van der Waals surface area (Å²) in [6.07, 6.45) is 0.638. The predicted octanol–water partition coefficient (Wildman–Crippen LogP) is 2.53. The molecule has 17 heteroatoms. The van der Waals surface area contributed by atoms with Gasteiger partial charge in [0, 0.05) is 19.4 Å². The van der Waals surface area contributed by atoms with E-state index in [4.69, 9.17) is 10.5 Å². The maximum atomic E-state index is 14.2. The summed E-state index contributed by atoms with van der Waals surface area (Å²) in [5.74, 6) is -5.05. The molecule has 9 N–H and O–H groups in total. The molecule has 0 radical (unpaired) electrons. The summed E-state index contributed by atoms with van der Waals surface area (Å²) in [5.41, 5.74) is 6.22. The molecule has 6 atom stereocenters. The van der Waals surface area contributed by atoms with Gasteiger partial charge in [0.2, 0.25) is 29.5 Å². The van der Waals surface area contributed by atoms with E-state index < -0.39 is 89.4 Å². The smallest absolute Gasteiger partial charge is 0.408 e. The molecule has 3 rings (SSSR count). The fraction of sp³-hybridized carbons (Fsp3) is 0.568. The molecular weight excluding hydrogens is 787 g/mol. The summed E-state index contributed by atoms with van der Waals surface area (Å²) in [6.45, 7) is 12.5. The molecule has 61 heavy (non-hydrogen) atoms. The summed E-state index contributed by atoms with van der Waals surface area (Å²) < 4.78 is 5.45. The van der Waals surface area contributed by atoms with Crippen LogP contribution in [0.3, 0.4) is 0 Å². The van der Waals surface area contributed by atoms with Gasteiger partial charge in [0.1, 0.15) is 47.6 Å². The number of amides is 6. The monoisotopic (exact) mass is 851 g/mol. The molecule has 2 aromatic rings. The molecule has 0 aliphatic carbocycles. The molecule has 6 amide bonds. The average Bonchev–Trinajstić information content (AvgIpc) is 3.68. The van der Waals surface area contributed by atoms with Crippen molar-refractivity contribution in [3.05, 3.63) is 65.7 Å². The van der Waals surface area contributed by atoms with Crippen molar-refractivity contribution < 1.29 is 48.5 Å². The summed E-state index contributed by atoms with van der Waals surface area (Å²) in [4.78, 5) is 96.0. The number of hydrogen-bond donors (Lipinski definition) is 8. The Morgan fingerprint density at radius 1 is 0.770 bits per heavy atom. The van der Waals surface area contributed by atoms with Crippen molar-refractivity contribution in [2.75, 3.05) is 13.1 Å². The van der Waals surface area contributed by atoms with Crippen LogP contribution in [-0.4, -0.2) is 112 Å². The minimum Gasteiger partial charge on any atom is -0.508 e. The highest BCUT2D eigenvalue weighted by Crippen LogP contribution is 2.21. The third-order valence-corrected chi connectivity index (χ3v) is 10.0. The number of phenols is 1. The predicted molar refractivity (Wildman–Crippen MR) is 228 cm³/mol. The topological polar surface area (TPSA) is 259 Å². The van der Waals surface area contributed by atoms with Crippen molar-refractivity contribution in [1.82, 2.24) is 31.5 Å². The normalized spacial score (nSPS) is 16.4. The third kappa shape index (κ3) is 16.3. The van der Waals surface area contributed by atoms with Crippen LogP contribution < -0.4 is 32.3 Å². The van der Waals surface area contributed by atoms with Crippen LogP contribution in [-0.2, 0) is 46.3 Å². The first-order valence-electron chi connectivity index (χ1n) is 20.9. The van der Waals surface area contributed by atoms with Gasteiger partial charge in [-0.3, -0.25) is 24.0 Å². The van der Waals surface area contributed by atoms with Gasteiger partial charge in [-0.2, -0.15) is 0 Å². The number of carbonyl (C=O) groups excluding carboxylic acids is 6. The molecule has 1 aliphatic rings. The zero-order valence-corrected chi connectivity index (χ0v) is 36.4. The Morgan fingerprint density at radius 3 is 1.93 bits per heavy atom. The number of likely N-dealkylation sites (tertiary alicyclic amines) is 1. The second-order valence-corrected chi connectivity index (χ2v) is 17.3. The van der Waals surface area contributed by atoms with Crippen LogP contribution in [0.15, 0.2) is 54.6 Å². The van der Waals surface area contributed by atoms with Gasteiger partial charge < -0.3 is 52.2 Å². The van der Waals surface area contributed by atoms with Crippen LogP contribution in [0, 0.1) is 11.8 Å². The number of nitrogens with zero attached hydrogens (tertiary/aromatic N) is 1. The van der Waals surface area contributed by atoms with E-state index in [-0.39, 0.29) is 56.9 Å². The molecule has 17 nitrogen and oxygen atoms in total. The number of alkyl carbamates (subject to hydrolysis) is 1. The number of aromatic hydroxyl groups is 1. The van der Waals surface area contributed by atoms with Gasteiger partial charge >= 0.3 is 12.1 Å². The van der Waals surface area contributed by atoms with E-state index in [1.54, 1.807) is 46.8 Å². The second kappa shape index (κ2) is 23.3. The number of aliphatic carboxylic acids is 1. The second-order valence-electron chi connectivity index (χ2n) is 17.3. The average molecular weight is 852 g/mol. The number of ether oxygens (including phenoxy) is 1. The first-order chi connectivity index (χ1) is 28.7. The quantitative estimate of drug-likeness (QED) is 0.0906. The first-order valence-corrected chi connectivity index (χ1v) is 20.9. The van der Waals surface area contributed by atoms with Crippen LogP contribution in [0.1, 0.15) is 91.7 Å². The van der Waals surface area contributed by atoms with Crippen molar-refractivity contribution in [2.45, 2.75) is 135 Å². The van der Waals surface area contributed by atoms with E-state index in [9.17, 15) is 43.8 Å². The molecule has 0 aromatic heterocycles. The van der Waals surface area contributed by atoms with Crippen molar-refractivity contribution in [3.8, 4) is 5.75 Å². The van der Waals surface area contributed by atoms with E-state index in [1.165, 1.54) is 17.0 Å². The van der Waals surface area contributed by atoms with Gasteiger partial charge in [-0.05, 0) is 94.5 Å². The molecule has 0 unspecified atom stereocenters. The van der Waals surface area contributed by atoms with E-state index >= 15 is 0 Å². The Balaban J connectivity index is 1.87. The fourth-order valence-electron chi connectivity index (χ4n) is 6.95. The molecule has 1 aliphatic heterocycles. The number of carboxylic acid groups (broad SMARTS) is 1. The first kappa shape index (κ1) is 49.7. The maximum absolute atomic E-state index is 14.2. The fourth-order valence-corrected chi connectivity index (χ4v) is 6.95. The molecule has 1 fully saturated rings. The largest absolute Gasteiger partial charge is 0.508 e. The minimum atomic E-state index is -1.27. The highest BCUT2D eigenvalue weighted by molar-refractivity contribution is 5.97. The SMILES string of the molecule is CC(C)C[C@H](NC(=O)[C@H](CCCN)NC(=O)[C@@H](NC(=O)[C@@H](Cc1ccc(O)cc1)NC(=O)[C@@H]1CCCN1C(=O)[C@@H](Cc1ccccc1)NC(=O)OC(C)(C)C)C(C)C)C(=O)O. The third-order valence-electron chi connectivity index (χ3n) is 10.0. The van der Waals surface area contributed by atoms with Crippen molar-refractivity contribution in [1.29, 1.82) is 0 Å². The van der Waals surface area contributed by atoms with E-state index in [1.807, 2.05) is 44.2 Å². The molecule has 1 saturated heterocycles. The van der Waals surface area contributed by atoms with Gasteiger partial charge in [0.25, 0.3) is 0 Å². The summed E-state index contributed by atoms with van der Waals surface area (Å²) in [5, 5.41) is 33.0. The zero-order valence-electron chi connectivity index (χ0n) is 36.4. The lowest BCUT2D eigenvalue weighted by Crippen LogP contribution is -2.60. The van der Waals surface area contributed by atoms with Gasteiger partial charge in [0.05, 0.1) is 0 Å². The lowest BCUT2D eigenvalue weighted by molar-refractivity contribution is -0.143.